The van der Waals surface area contributed by atoms with Crippen LogP contribution in [0.25, 0.3) is 11.1 Å². The standard InChI is InChI=1S/C38H52N8O4/c1-38(2,36(48)39-23-35(47)45-19-7-10-33(45)26-43(3)4)50-34-11-5-9-32(20-34)44-18-6-8-30(25-44)42-37(49)46(31-16-17-31)24-27-12-14-28(15-13-27)29-21-40-41-22-29/h5,9,11-15,20-22,30-31,33H,6-8,10,16-19,23-26H2,1-4H3,(H,39,48)(H,40,41)(H,42,49)/t30-,33+/m1/s1. The van der Waals surface area contributed by atoms with Gasteiger partial charge in [-0.3, -0.25) is 14.7 Å². The SMILES string of the molecule is CN(C)C[C@@H]1CCCN1C(=O)CNC(=O)C(C)(C)Oc1cccc(N2CCC[C@@H](NC(=O)N(Cc3ccc(-c4cn[nH]c4)cc3)C3CC3)C2)c1. The fraction of sp³-hybridized carbons (Fsp3) is 0.526. The molecule has 0 unspecified atom stereocenters. The molecule has 2 saturated heterocycles. The molecule has 3 heterocycles. The number of anilines is 1. The van der Waals surface area contributed by atoms with Crippen LogP contribution in [0.4, 0.5) is 10.5 Å². The first-order valence-electron chi connectivity index (χ1n) is 18.0. The second-order valence-corrected chi connectivity index (χ2v) is 14.7. The number of nitrogens with one attached hydrogen (secondary N) is 3. The van der Waals surface area contributed by atoms with E-state index in [9.17, 15) is 14.4 Å². The molecule has 0 bridgehead atoms. The van der Waals surface area contributed by atoms with Gasteiger partial charge in [0, 0.05) is 74.4 Å². The number of carbonyl (C=O) groups is 3. The molecule has 1 aliphatic carbocycles. The average Bonchev–Trinajstić information content (AvgIpc) is 3.57. The molecule has 6 rings (SSSR count). The van der Waals surface area contributed by atoms with Gasteiger partial charge in [-0.2, -0.15) is 5.10 Å². The summed E-state index contributed by atoms with van der Waals surface area (Å²) in [5.41, 5.74) is 3.02. The highest BCUT2D eigenvalue weighted by Gasteiger charge is 2.35. The highest BCUT2D eigenvalue weighted by molar-refractivity contribution is 5.89. The van der Waals surface area contributed by atoms with Crippen molar-refractivity contribution in [1.82, 2.24) is 35.5 Å². The van der Waals surface area contributed by atoms with E-state index in [0.717, 1.165) is 80.5 Å². The van der Waals surface area contributed by atoms with Crippen molar-refractivity contribution in [2.24, 2.45) is 0 Å². The molecule has 3 aromatic rings. The fourth-order valence-electron chi connectivity index (χ4n) is 7.08. The highest BCUT2D eigenvalue weighted by Crippen LogP contribution is 2.30. The predicted octanol–water partition coefficient (Wildman–Crippen LogP) is 4.25. The van der Waals surface area contributed by atoms with E-state index in [-0.39, 0.29) is 42.5 Å². The van der Waals surface area contributed by atoms with Crippen molar-refractivity contribution in [2.45, 2.75) is 82.6 Å². The van der Waals surface area contributed by atoms with Gasteiger partial charge in [-0.1, -0.05) is 30.3 Å². The monoisotopic (exact) mass is 684 g/mol. The zero-order valence-electron chi connectivity index (χ0n) is 29.9. The molecule has 3 N–H and O–H groups in total. The summed E-state index contributed by atoms with van der Waals surface area (Å²) in [6.45, 7) is 7.05. The Hall–Kier alpha value is -4.58. The number of hydrogen-bond acceptors (Lipinski definition) is 7. The maximum Gasteiger partial charge on any atom is 0.318 e. The Morgan fingerprint density at radius 3 is 2.50 bits per heavy atom. The summed E-state index contributed by atoms with van der Waals surface area (Å²) >= 11 is 0. The number of amides is 4. The van der Waals surface area contributed by atoms with Crippen LogP contribution in [0.5, 0.6) is 5.75 Å². The number of likely N-dealkylation sites (tertiary alicyclic amines) is 1. The molecule has 4 amide bonds. The molecule has 50 heavy (non-hydrogen) atoms. The van der Waals surface area contributed by atoms with E-state index < -0.39 is 5.60 Å². The number of aromatic nitrogens is 2. The molecule has 3 fully saturated rings. The van der Waals surface area contributed by atoms with E-state index in [4.69, 9.17) is 4.74 Å². The lowest BCUT2D eigenvalue weighted by atomic mass is 10.0. The number of ether oxygens (including phenoxy) is 1. The Morgan fingerprint density at radius 2 is 1.78 bits per heavy atom. The second kappa shape index (κ2) is 15.5. The number of urea groups is 1. The molecule has 1 aromatic heterocycles. The van der Waals surface area contributed by atoms with Gasteiger partial charge in [0.15, 0.2) is 5.60 Å². The van der Waals surface area contributed by atoms with Gasteiger partial charge in [0.1, 0.15) is 5.75 Å². The summed E-state index contributed by atoms with van der Waals surface area (Å²) in [5, 5.41) is 13.0. The summed E-state index contributed by atoms with van der Waals surface area (Å²) < 4.78 is 6.22. The number of H-pyrrole nitrogens is 1. The number of piperidine rings is 1. The minimum atomic E-state index is -1.18. The smallest absolute Gasteiger partial charge is 0.318 e. The Kier molecular flexibility index (Phi) is 11.0. The number of benzene rings is 2. The van der Waals surface area contributed by atoms with Gasteiger partial charge >= 0.3 is 6.03 Å². The minimum absolute atomic E-state index is 0.0122. The number of hydrogen-bond donors (Lipinski definition) is 3. The molecule has 2 aromatic carbocycles. The largest absolute Gasteiger partial charge is 0.478 e. The Labute approximate surface area is 295 Å². The van der Waals surface area contributed by atoms with Crippen LogP contribution in [-0.4, -0.2) is 113 Å². The molecule has 3 aliphatic rings. The van der Waals surface area contributed by atoms with Gasteiger partial charge in [0.05, 0.1) is 12.7 Å². The average molecular weight is 685 g/mol. The van der Waals surface area contributed by atoms with Gasteiger partial charge in [-0.25, -0.2) is 4.79 Å². The molecule has 0 radical (unpaired) electrons. The molecule has 1 saturated carbocycles. The Bertz CT molecular complexity index is 1600. The van der Waals surface area contributed by atoms with E-state index >= 15 is 0 Å². The van der Waals surface area contributed by atoms with Crippen molar-refractivity contribution >= 4 is 23.5 Å². The van der Waals surface area contributed by atoms with Crippen LogP contribution in [0.15, 0.2) is 60.9 Å². The van der Waals surface area contributed by atoms with Crippen LogP contribution < -0.4 is 20.3 Å². The molecule has 2 aliphatic heterocycles. The lowest BCUT2D eigenvalue weighted by Crippen LogP contribution is -2.52. The van der Waals surface area contributed by atoms with Gasteiger partial charge in [-0.05, 0) is 89.7 Å². The van der Waals surface area contributed by atoms with E-state index in [0.29, 0.717) is 18.8 Å². The van der Waals surface area contributed by atoms with Crippen molar-refractivity contribution in [3.8, 4) is 16.9 Å². The number of aromatic amines is 1. The highest BCUT2D eigenvalue weighted by atomic mass is 16.5. The summed E-state index contributed by atoms with van der Waals surface area (Å²) in [4.78, 5) is 48.0. The van der Waals surface area contributed by atoms with Crippen molar-refractivity contribution in [3.63, 3.8) is 0 Å². The van der Waals surface area contributed by atoms with Crippen LogP contribution in [0, 0.1) is 0 Å². The second-order valence-electron chi connectivity index (χ2n) is 14.7. The maximum absolute atomic E-state index is 13.6. The third-order valence-corrected chi connectivity index (χ3v) is 9.91. The molecule has 12 heteroatoms. The van der Waals surface area contributed by atoms with Gasteiger partial charge < -0.3 is 35.0 Å². The number of rotatable bonds is 13. The summed E-state index contributed by atoms with van der Waals surface area (Å²) in [7, 11) is 4.02. The lowest BCUT2D eigenvalue weighted by molar-refractivity contribution is -0.138. The molecule has 12 nitrogen and oxygen atoms in total. The molecular formula is C38H52N8O4. The topological polar surface area (TPSA) is 126 Å². The number of likely N-dealkylation sites (N-methyl/N-ethyl adjacent to an activating group) is 1. The summed E-state index contributed by atoms with van der Waals surface area (Å²) in [6, 6.07) is 16.5. The summed E-state index contributed by atoms with van der Waals surface area (Å²) in [5.74, 6) is 0.173. The zero-order chi connectivity index (χ0) is 35.3. The van der Waals surface area contributed by atoms with Crippen LogP contribution in [-0.2, 0) is 16.1 Å². The van der Waals surface area contributed by atoms with Crippen molar-refractivity contribution in [1.29, 1.82) is 0 Å². The van der Waals surface area contributed by atoms with E-state index in [1.165, 1.54) is 0 Å². The number of carbonyl (C=O) groups excluding carboxylic acids is 3. The zero-order valence-corrected chi connectivity index (χ0v) is 29.9. The van der Waals surface area contributed by atoms with Crippen molar-refractivity contribution in [2.75, 3.05) is 51.7 Å². The fourth-order valence-corrected chi connectivity index (χ4v) is 7.08. The third kappa shape index (κ3) is 8.95. The predicted molar refractivity (Wildman–Crippen MR) is 194 cm³/mol. The van der Waals surface area contributed by atoms with Crippen molar-refractivity contribution in [3.05, 3.63) is 66.5 Å². The van der Waals surface area contributed by atoms with E-state index in [1.54, 1.807) is 20.0 Å². The first-order valence-corrected chi connectivity index (χ1v) is 18.0. The number of nitrogens with zero attached hydrogens (tertiary/aromatic N) is 5. The van der Waals surface area contributed by atoms with E-state index in [2.05, 4.69) is 54.9 Å². The third-order valence-electron chi connectivity index (χ3n) is 9.91. The van der Waals surface area contributed by atoms with Gasteiger partial charge in [-0.15, -0.1) is 0 Å². The van der Waals surface area contributed by atoms with Gasteiger partial charge in [0.2, 0.25) is 5.91 Å². The Balaban J connectivity index is 1.01. The maximum atomic E-state index is 13.6. The quantitative estimate of drug-likeness (QED) is 0.246. The lowest BCUT2D eigenvalue weighted by Gasteiger charge is -2.36. The Morgan fingerprint density at radius 1 is 1.00 bits per heavy atom. The summed E-state index contributed by atoms with van der Waals surface area (Å²) in [6.07, 6.45) is 9.56. The van der Waals surface area contributed by atoms with E-state index in [1.807, 2.05) is 54.4 Å². The molecular weight excluding hydrogens is 632 g/mol. The molecule has 0 spiro atoms. The van der Waals surface area contributed by atoms with Crippen LogP contribution in [0.1, 0.15) is 57.9 Å². The van der Waals surface area contributed by atoms with Crippen LogP contribution >= 0.6 is 0 Å². The normalized spacial score (nSPS) is 19.4. The molecule has 268 valence electrons. The molecule has 2 atom stereocenters. The van der Waals surface area contributed by atoms with Crippen LogP contribution in [0.2, 0.25) is 0 Å². The van der Waals surface area contributed by atoms with Gasteiger partial charge in [0.25, 0.3) is 5.91 Å². The first-order chi connectivity index (χ1) is 24.1. The van der Waals surface area contributed by atoms with Crippen molar-refractivity contribution < 1.29 is 19.1 Å². The first kappa shape index (κ1) is 35.3. The minimum Gasteiger partial charge on any atom is -0.478 e. The van der Waals surface area contributed by atoms with Crippen LogP contribution in [0.3, 0.4) is 0 Å².